The number of rotatable bonds is 6. The van der Waals surface area contributed by atoms with E-state index in [-0.39, 0.29) is 11.2 Å². The average molecular weight is 464 g/mol. The summed E-state index contributed by atoms with van der Waals surface area (Å²) in [6.07, 6.45) is 0.911. The van der Waals surface area contributed by atoms with Crippen molar-refractivity contribution in [1.82, 2.24) is 4.90 Å². The van der Waals surface area contributed by atoms with E-state index in [1.807, 2.05) is 0 Å². The molecule has 1 aliphatic rings. The largest absolute Gasteiger partial charge is 0.493 e. The first-order valence-corrected chi connectivity index (χ1v) is 10.3. The van der Waals surface area contributed by atoms with Crippen LogP contribution >= 0.6 is 11.6 Å². The van der Waals surface area contributed by atoms with Crippen LogP contribution in [0.3, 0.4) is 0 Å². The fourth-order valence-corrected chi connectivity index (χ4v) is 4.56. The second kappa shape index (κ2) is 9.67. The van der Waals surface area contributed by atoms with Crippen LogP contribution in [0.5, 0.6) is 23.0 Å². The number of aliphatic hydroxyl groups is 1. The lowest BCUT2D eigenvalue weighted by Gasteiger charge is -2.27. The zero-order valence-corrected chi connectivity index (χ0v) is 19.4. The van der Waals surface area contributed by atoms with Crippen molar-refractivity contribution in [1.29, 1.82) is 0 Å². The Kier molecular flexibility index (Phi) is 7.16. The Labute approximate surface area is 191 Å². The van der Waals surface area contributed by atoms with E-state index >= 15 is 0 Å². The number of nitrogens with zero attached hydrogens (tertiary/aromatic N) is 1. The normalized spacial score (nSPS) is 14.5. The topological polar surface area (TPSA) is 94.5 Å². The van der Waals surface area contributed by atoms with Crippen molar-refractivity contribution in [2.75, 3.05) is 42.1 Å². The molecule has 0 bridgehead atoms. The number of likely N-dealkylation sites (N-methyl/N-ethyl adjacent to an activating group) is 1. The van der Waals surface area contributed by atoms with Crippen LogP contribution in [0, 0.1) is 0 Å². The number of fused-ring (bicyclic) bond motifs is 3. The number of aliphatic hydroxyl groups excluding tert-OH is 1. The number of amides is 1. The van der Waals surface area contributed by atoms with Gasteiger partial charge in [0.15, 0.2) is 17.2 Å². The Morgan fingerprint density at radius 3 is 2.31 bits per heavy atom. The summed E-state index contributed by atoms with van der Waals surface area (Å²) in [7, 11) is 7.50. The lowest BCUT2D eigenvalue weighted by atomic mass is 9.95. The number of halogens is 1. The lowest BCUT2D eigenvalue weighted by molar-refractivity contribution is -0.135. The first kappa shape index (κ1) is 23.7. The highest BCUT2D eigenvalue weighted by Gasteiger charge is 2.34. The third-order valence-corrected chi connectivity index (χ3v) is 6.17. The molecule has 0 aromatic heterocycles. The van der Waals surface area contributed by atoms with Crippen LogP contribution in [0.1, 0.15) is 23.6 Å². The molecule has 1 N–H and O–H groups in total. The van der Waals surface area contributed by atoms with Crippen LogP contribution < -0.4 is 24.4 Å². The molecule has 1 atom stereocenters. The molecular weight excluding hydrogens is 438 g/mol. The third kappa shape index (κ3) is 3.84. The Balaban J connectivity index is 2.48. The number of ether oxygens (including phenoxy) is 4. The van der Waals surface area contributed by atoms with Crippen LogP contribution in [0.15, 0.2) is 23.0 Å². The van der Waals surface area contributed by atoms with E-state index in [0.717, 1.165) is 5.56 Å². The van der Waals surface area contributed by atoms with Gasteiger partial charge in [-0.3, -0.25) is 9.59 Å². The highest BCUT2D eigenvalue weighted by atomic mass is 35.5. The molecule has 0 saturated heterocycles. The van der Waals surface area contributed by atoms with Crippen molar-refractivity contribution in [2.45, 2.75) is 18.9 Å². The fourth-order valence-electron chi connectivity index (χ4n) is 4.21. The van der Waals surface area contributed by atoms with Crippen molar-refractivity contribution in [2.24, 2.45) is 0 Å². The molecule has 0 aliphatic heterocycles. The van der Waals surface area contributed by atoms with Crippen molar-refractivity contribution in [3.05, 3.63) is 44.6 Å². The highest BCUT2D eigenvalue weighted by Crippen LogP contribution is 2.54. The summed E-state index contributed by atoms with van der Waals surface area (Å²) < 4.78 is 22.0. The third-order valence-electron chi connectivity index (χ3n) is 5.77. The first-order chi connectivity index (χ1) is 15.3. The molecule has 9 heteroatoms. The van der Waals surface area contributed by atoms with Crippen LogP contribution in [0.2, 0.25) is 5.02 Å². The molecule has 2 aromatic rings. The molecule has 0 saturated carbocycles. The maximum absolute atomic E-state index is 12.8. The number of benzene rings is 1. The molecule has 8 nitrogen and oxygen atoms in total. The number of carbonyl (C=O) groups excluding carboxylic acids is 1. The van der Waals surface area contributed by atoms with E-state index < -0.39 is 18.6 Å². The average Bonchev–Trinajstić information content (AvgIpc) is 3.06. The lowest BCUT2D eigenvalue weighted by Crippen LogP contribution is -2.33. The summed E-state index contributed by atoms with van der Waals surface area (Å²) in [5, 5.41) is 9.79. The summed E-state index contributed by atoms with van der Waals surface area (Å²) in [5.74, 6) is 0.751. The van der Waals surface area contributed by atoms with Gasteiger partial charge in [0, 0.05) is 12.6 Å². The molecule has 32 heavy (non-hydrogen) atoms. The molecule has 1 amide bonds. The second-order valence-electron chi connectivity index (χ2n) is 7.26. The van der Waals surface area contributed by atoms with Gasteiger partial charge in [0.25, 0.3) is 0 Å². The predicted molar refractivity (Wildman–Crippen MR) is 120 cm³/mol. The molecule has 172 valence electrons. The standard InChI is InChI=1S/C23H26ClNO7/c1-25(18(28)11-26)15-8-6-13-19(12-7-9-17(29-2)16(27)10-14(12)15)21(30-3)23(32-5)22(31-4)20(13)24/h7,9-10,15,26H,6,8,11H2,1-5H3/t15-/m0/s1. The van der Waals surface area contributed by atoms with E-state index in [2.05, 4.69) is 0 Å². The van der Waals surface area contributed by atoms with E-state index in [1.54, 1.807) is 19.2 Å². The molecule has 3 rings (SSSR count). The number of hydrogen-bond acceptors (Lipinski definition) is 7. The Hall–Kier alpha value is -2.97. The van der Waals surface area contributed by atoms with E-state index in [0.29, 0.717) is 51.8 Å². The molecular formula is C23H26ClNO7. The summed E-state index contributed by atoms with van der Waals surface area (Å²) in [6, 6.07) is 4.28. The van der Waals surface area contributed by atoms with Crippen LogP contribution in [-0.2, 0) is 11.2 Å². The monoisotopic (exact) mass is 463 g/mol. The SMILES string of the molecule is COc1c(Cl)c2c(c(OC)c1OC)-c1ccc(OC)c(=O)cc1[C@@H](N(C)C(=O)CO)CC2. The van der Waals surface area contributed by atoms with Gasteiger partial charge >= 0.3 is 0 Å². The maximum atomic E-state index is 12.8. The van der Waals surface area contributed by atoms with Crippen LogP contribution in [0.25, 0.3) is 11.1 Å². The minimum atomic E-state index is -0.645. The van der Waals surface area contributed by atoms with Crippen LogP contribution in [0.4, 0.5) is 0 Å². The molecule has 0 radical (unpaired) electrons. The summed E-state index contributed by atoms with van der Waals surface area (Å²) in [5.41, 5.74) is 2.28. The quantitative estimate of drug-likeness (QED) is 0.703. The Bertz CT molecular complexity index is 1100. The van der Waals surface area contributed by atoms with E-state index in [4.69, 9.17) is 30.5 Å². The van der Waals surface area contributed by atoms with Crippen molar-refractivity contribution in [3.63, 3.8) is 0 Å². The number of carbonyl (C=O) groups is 1. The Morgan fingerprint density at radius 2 is 1.75 bits per heavy atom. The molecule has 0 spiro atoms. The second-order valence-corrected chi connectivity index (χ2v) is 7.64. The van der Waals surface area contributed by atoms with E-state index in [1.165, 1.54) is 39.4 Å². The highest BCUT2D eigenvalue weighted by molar-refractivity contribution is 6.34. The molecule has 0 fully saturated rings. The molecule has 1 aliphatic carbocycles. The molecule has 0 unspecified atom stereocenters. The predicted octanol–water partition coefficient (Wildman–Crippen LogP) is 2.84. The summed E-state index contributed by atoms with van der Waals surface area (Å²) in [6.45, 7) is -0.645. The molecule has 0 heterocycles. The van der Waals surface area contributed by atoms with Gasteiger partial charge in [-0.05, 0) is 41.7 Å². The summed E-state index contributed by atoms with van der Waals surface area (Å²) >= 11 is 6.75. The fraction of sp³-hybridized carbons (Fsp3) is 0.391. The van der Waals surface area contributed by atoms with Gasteiger partial charge < -0.3 is 29.0 Å². The minimum Gasteiger partial charge on any atom is -0.493 e. The first-order valence-electron chi connectivity index (χ1n) is 9.93. The van der Waals surface area contributed by atoms with E-state index in [9.17, 15) is 14.7 Å². The van der Waals surface area contributed by atoms with Crippen molar-refractivity contribution in [3.8, 4) is 34.1 Å². The van der Waals surface area contributed by atoms with Crippen molar-refractivity contribution < 1.29 is 28.8 Å². The van der Waals surface area contributed by atoms with Gasteiger partial charge in [-0.15, -0.1) is 0 Å². The zero-order chi connectivity index (χ0) is 23.6. The van der Waals surface area contributed by atoms with Crippen LogP contribution in [-0.4, -0.2) is 58.0 Å². The number of methoxy groups -OCH3 is 4. The minimum absolute atomic E-state index is 0.153. The summed E-state index contributed by atoms with van der Waals surface area (Å²) in [4.78, 5) is 26.6. The van der Waals surface area contributed by atoms with Gasteiger partial charge in [-0.1, -0.05) is 17.7 Å². The number of hydrogen-bond donors (Lipinski definition) is 1. The molecule has 2 aromatic carbocycles. The van der Waals surface area contributed by atoms with Gasteiger partial charge in [0.1, 0.15) is 6.61 Å². The smallest absolute Gasteiger partial charge is 0.248 e. The van der Waals surface area contributed by atoms with Gasteiger partial charge in [-0.2, -0.15) is 0 Å². The Morgan fingerprint density at radius 1 is 1.09 bits per heavy atom. The van der Waals surface area contributed by atoms with Gasteiger partial charge in [0.2, 0.25) is 17.1 Å². The maximum Gasteiger partial charge on any atom is 0.248 e. The van der Waals surface area contributed by atoms with Gasteiger partial charge in [0.05, 0.1) is 39.5 Å². The zero-order valence-electron chi connectivity index (χ0n) is 18.7. The van der Waals surface area contributed by atoms with Crippen molar-refractivity contribution >= 4 is 17.5 Å². The van der Waals surface area contributed by atoms with Gasteiger partial charge in [-0.25, -0.2) is 0 Å².